The summed E-state index contributed by atoms with van der Waals surface area (Å²) in [5.41, 5.74) is -0.818. The van der Waals surface area contributed by atoms with E-state index in [4.69, 9.17) is 0 Å². The second-order valence-corrected chi connectivity index (χ2v) is 6.82. The predicted octanol–water partition coefficient (Wildman–Crippen LogP) is 3.81. The van der Waals surface area contributed by atoms with E-state index in [9.17, 15) is 18.0 Å². The SMILES string of the molecule is CC(C)c1nnc(NC(=O)CSc2ccc(C(F)(F)F)cn2)s1. The number of amides is 1. The molecule has 0 fully saturated rings. The summed E-state index contributed by atoms with van der Waals surface area (Å²) in [6.45, 7) is 3.94. The van der Waals surface area contributed by atoms with Crippen molar-refractivity contribution in [2.45, 2.75) is 31.0 Å². The number of pyridine rings is 1. The van der Waals surface area contributed by atoms with E-state index in [1.54, 1.807) is 0 Å². The van der Waals surface area contributed by atoms with Crippen LogP contribution in [-0.4, -0.2) is 26.8 Å². The molecule has 124 valence electrons. The Hall–Kier alpha value is -1.68. The molecular formula is C13H13F3N4OS2. The topological polar surface area (TPSA) is 67.8 Å². The van der Waals surface area contributed by atoms with E-state index >= 15 is 0 Å². The summed E-state index contributed by atoms with van der Waals surface area (Å²) in [4.78, 5) is 15.5. The lowest BCUT2D eigenvalue weighted by atomic mass is 10.2. The quantitative estimate of drug-likeness (QED) is 0.820. The molecule has 0 aliphatic rings. The molecule has 1 amide bonds. The van der Waals surface area contributed by atoms with E-state index in [-0.39, 0.29) is 17.6 Å². The van der Waals surface area contributed by atoms with Crippen molar-refractivity contribution < 1.29 is 18.0 Å². The molecule has 2 heterocycles. The molecule has 0 saturated carbocycles. The molecule has 0 atom stereocenters. The molecule has 5 nitrogen and oxygen atoms in total. The highest BCUT2D eigenvalue weighted by molar-refractivity contribution is 7.99. The molecule has 23 heavy (non-hydrogen) atoms. The molecule has 0 unspecified atom stereocenters. The number of aromatic nitrogens is 3. The Morgan fingerprint density at radius 1 is 1.35 bits per heavy atom. The zero-order valence-electron chi connectivity index (χ0n) is 12.2. The van der Waals surface area contributed by atoms with Crippen LogP contribution in [0.5, 0.6) is 0 Å². The molecule has 0 aliphatic heterocycles. The van der Waals surface area contributed by atoms with Crippen LogP contribution >= 0.6 is 23.1 Å². The molecular weight excluding hydrogens is 349 g/mol. The molecule has 0 aliphatic carbocycles. The lowest BCUT2D eigenvalue weighted by Gasteiger charge is -2.06. The monoisotopic (exact) mass is 362 g/mol. The summed E-state index contributed by atoms with van der Waals surface area (Å²) in [5.74, 6) is -0.0679. The minimum Gasteiger partial charge on any atom is -0.300 e. The molecule has 0 spiro atoms. The molecule has 0 radical (unpaired) electrons. The van der Waals surface area contributed by atoms with Gasteiger partial charge in [-0.05, 0) is 12.1 Å². The van der Waals surface area contributed by atoms with Crippen LogP contribution in [0.4, 0.5) is 18.3 Å². The van der Waals surface area contributed by atoms with Gasteiger partial charge in [0.05, 0.1) is 16.3 Å². The number of hydrogen-bond donors (Lipinski definition) is 1. The summed E-state index contributed by atoms with van der Waals surface area (Å²) in [5, 5.41) is 12.0. The second-order valence-electron chi connectivity index (χ2n) is 4.82. The van der Waals surface area contributed by atoms with Gasteiger partial charge in [-0.25, -0.2) is 4.98 Å². The first kappa shape index (κ1) is 17.7. The van der Waals surface area contributed by atoms with Crippen LogP contribution in [0, 0.1) is 0 Å². The maximum Gasteiger partial charge on any atom is 0.417 e. The Morgan fingerprint density at radius 2 is 2.09 bits per heavy atom. The van der Waals surface area contributed by atoms with Crippen LogP contribution in [0.3, 0.4) is 0 Å². The van der Waals surface area contributed by atoms with Crippen molar-refractivity contribution in [1.29, 1.82) is 0 Å². The van der Waals surface area contributed by atoms with Crippen molar-refractivity contribution >= 4 is 34.1 Å². The van der Waals surface area contributed by atoms with Gasteiger partial charge in [-0.2, -0.15) is 13.2 Å². The number of carbonyl (C=O) groups excluding carboxylic acids is 1. The molecule has 2 aromatic rings. The lowest BCUT2D eigenvalue weighted by molar-refractivity contribution is -0.137. The Balaban J connectivity index is 1.86. The highest BCUT2D eigenvalue weighted by Crippen LogP contribution is 2.29. The van der Waals surface area contributed by atoms with Crippen molar-refractivity contribution in [3.8, 4) is 0 Å². The normalized spacial score (nSPS) is 11.7. The molecule has 2 aromatic heterocycles. The van der Waals surface area contributed by atoms with Crippen LogP contribution < -0.4 is 5.32 Å². The fourth-order valence-electron chi connectivity index (χ4n) is 1.45. The highest BCUT2D eigenvalue weighted by atomic mass is 32.2. The lowest BCUT2D eigenvalue weighted by Crippen LogP contribution is -2.14. The standard InChI is InChI=1S/C13H13F3N4OS2/c1-7(2)11-19-20-12(23-11)18-9(21)6-22-10-4-3-8(5-17-10)13(14,15)16/h3-5,7H,6H2,1-2H3,(H,18,20,21). The third-order valence-corrected chi connectivity index (χ3v) is 4.68. The van der Waals surface area contributed by atoms with Crippen molar-refractivity contribution in [3.63, 3.8) is 0 Å². The number of nitrogens with zero attached hydrogens (tertiary/aromatic N) is 3. The number of rotatable bonds is 5. The number of anilines is 1. The number of hydrogen-bond acceptors (Lipinski definition) is 6. The Labute approximate surface area is 138 Å². The first-order chi connectivity index (χ1) is 10.8. The van der Waals surface area contributed by atoms with Crippen LogP contribution in [0.2, 0.25) is 0 Å². The zero-order valence-corrected chi connectivity index (χ0v) is 13.8. The van der Waals surface area contributed by atoms with Crippen LogP contribution in [0.1, 0.15) is 30.3 Å². The van der Waals surface area contributed by atoms with E-state index in [1.807, 2.05) is 13.8 Å². The predicted molar refractivity (Wildman–Crippen MR) is 82.6 cm³/mol. The molecule has 2 rings (SSSR count). The van der Waals surface area contributed by atoms with Gasteiger partial charge in [0.25, 0.3) is 0 Å². The van der Waals surface area contributed by atoms with Gasteiger partial charge in [-0.15, -0.1) is 10.2 Å². The fourth-order valence-corrected chi connectivity index (χ4v) is 2.85. The Morgan fingerprint density at radius 3 is 2.61 bits per heavy atom. The van der Waals surface area contributed by atoms with E-state index in [0.29, 0.717) is 10.2 Å². The van der Waals surface area contributed by atoms with E-state index in [0.717, 1.165) is 29.0 Å². The first-order valence-corrected chi connectivity index (χ1v) is 8.35. The van der Waals surface area contributed by atoms with Gasteiger partial charge in [-0.3, -0.25) is 10.1 Å². The fraction of sp³-hybridized carbons (Fsp3) is 0.385. The number of halogens is 3. The van der Waals surface area contributed by atoms with Crippen LogP contribution in [0.15, 0.2) is 23.4 Å². The summed E-state index contributed by atoms with van der Waals surface area (Å²) in [7, 11) is 0. The number of alkyl halides is 3. The molecule has 0 saturated heterocycles. The maximum absolute atomic E-state index is 12.4. The van der Waals surface area contributed by atoms with Crippen molar-refractivity contribution in [2.24, 2.45) is 0 Å². The van der Waals surface area contributed by atoms with E-state index in [1.165, 1.54) is 17.4 Å². The van der Waals surface area contributed by atoms with Gasteiger partial charge in [0.1, 0.15) is 5.01 Å². The largest absolute Gasteiger partial charge is 0.417 e. The number of thioether (sulfide) groups is 1. The summed E-state index contributed by atoms with van der Waals surface area (Å²) in [6.07, 6.45) is -3.67. The van der Waals surface area contributed by atoms with Crippen LogP contribution in [-0.2, 0) is 11.0 Å². The summed E-state index contributed by atoms with van der Waals surface area (Å²) >= 11 is 2.34. The molecule has 0 bridgehead atoms. The van der Waals surface area contributed by atoms with Gasteiger partial charge in [-0.1, -0.05) is 36.9 Å². The smallest absolute Gasteiger partial charge is 0.300 e. The first-order valence-electron chi connectivity index (χ1n) is 6.55. The van der Waals surface area contributed by atoms with Crippen LogP contribution in [0.25, 0.3) is 0 Å². The minimum absolute atomic E-state index is 0.0228. The van der Waals surface area contributed by atoms with Gasteiger partial charge in [0.15, 0.2) is 0 Å². The second kappa shape index (κ2) is 7.26. The molecule has 10 heteroatoms. The Bertz CT molecular complexity index is 671. The number of carbonyl (C=O) groups is 1. The number of nitrogens with one attached hydrogen (secondary N) is 1. The Kier molecular flexibility index (Phi) is 5.58. The van der Waals surface area contributed by atoms with Crippen molar-refractivity contribution in [1.82, 2.24) is 15.2 Å². The van der Waals surface area contributed by atoms with E-state index < -0.39 is 11.7 Å². The van der Waals surface area contributed by atoms with Crippen molar-refractivity contribution in [2.75, 3.05) is 11.1 Å². The van der Waals surface area contributed by atoms with Gasteiger partial charge in [0, 0.05) is 12.1 Å². The van der Waals surface area contributed by atoms with Gasteiger partial charge >= 0.3 is 6.18 Å². The third kappa shape index (κ3) is 5.17. The zero-order chi connectivity index (χ0) is 17.0. The van der Waals surface area contributed by atoms with Gasteiger partial charge < -0.3 is 0 Å². The summed E-state index contributed by atoms with van der Waals surface area (Å²) < 4.78 is 37.2. The minimum atomic E-state index is -4.42. The summed E-state index contributed by atoms with van der Waals surface area (Å²) in [6, 6.07) is 2.18. The van der Waals surface area contributed by atoms with E-state index in [2.05, 4.69) is 20.5 Å². The van der Waals surface area contributed by atoms with Crippen molar-refractivity contribution in [3.05, 3.63) is 28.9 Å². The maximum atomic E-state index is 12.4. The third-order valence-electron chi connectivity index (χ3n) is 2.60. The average molecular weight is 362 g/mol. The average Bonchev–Trinajstić information content (AvgIpc) is 2.93. The molecule has 0 aromatic carbocycles. The molecule has 1 N–H and O–H groups in total. The van der Waals surface area contributed by atoms with Gasteiger partial charge in [0.2, 0.25) is 11.0 Å². The highest BCUT2D eigenvalue weighted by Gasteiger charge is 2.30.